The van der Waals surface area contributed by atoms with Crippen molar-refractivity contribution in [3.63, 3.8) is 0 Å². The number of halogens is 1. The number of ether oxygens (including phenoxy) is 1. The van der Waals surface area contributed by atoms with Crippen molar-refractivity contribution >= 4 is 17.5 Å². The Hall–Kier alpha value is -2.94. The van der Waals surface area contributed by atoms with Crippen LogP contribution in [0.4, 0.5) is 0 Å². The summed E-state index contributed by atoms with van der Waals surface area (Å²) in [5.41, 5.74) is 0.875. The van der Waals surface area contributed by atoms with E-state index in [0.717, 1.165) is 5.56 Å². The Kier molecular flexibility index (Phi) is 5.70. The Labute approximate surface area is 160 Å². The van der Waals surface area contributed by atoms with Crippen molar-refractivity contribution in [3.05, 3.63) is 41.0 Å². The summed E-state index contributed by atoms with van der Waals surface area (Å²) in [5.74, 6) is 1.23. The van der Waals surface area contributed by atoms with E-state index in [4.69, 9.17) is 20.9 Å². The van der Waals surface area contributed by atoms with Crippen molar-refractivity contribution in [2.75, 3.05) is 6.61 Å². The van der Waals surface area contributed by atoms with Crippen LogP contribution in [0.25, 0.3) is 11.6 Å². The molecule has 0 aliphatic rings. The van der Waals surface area contributed by atoms with Crippen LogP contribution in [0, 0.1) is 12.8 Å². The smallest absolute Gasteiger partial charge is 0.258 e. The van der Waals surface area contributed by atoms with Gasteiger partial charge in [-0.25, -0.2) is 4.98 Å². The van der Waals surface area contributed by atoms with Crippen molar-refractivity contribution in [2.45, 2.75) is 26.8 Å². The minimum Gasteiger partial charge on any atom is -0.484 e. The minimum atomic E-state index is -0.461. The second-order valence-electron chi connectivity index (χ2n) is 6.28. The molecule has 142 valence electrons. The molecule has 1 amide bonds. The molecule has 0 bridgehead atoms. The quantitative estimate of drug-likeness (QED) is 0.636. The van der Waals surface area contributed by atoms with Gasteiger partial charge < -0.3 is 14.6 Å². The highest BCUT2D eigenvalue weighted by Gasteiger charge is 2.25. The first-order chi connectivity index (χ1) is 12.9. The molecule has 0 saturated carbocycles. The summed E-state index contributed by atoms with van der Waals surface area (Å²) in [6.45, 7) is 5.60. The first kappa shape index (κ1) is 18.8. The van der Waals surface area contributed by atoms with Gasteiger partial charge in [-0.1, -0.05) is 30.6 Å². The number of aromatic amines is 1. The van der Waals surface area contributed by atoms with Gasteiger partial charge in [0, 0.05) is 5.02 Å². The molecular weight excluding hydrogens is 372 g/mol. The zero-order chi connectivity index (χ0) is 19.4. The zero-order valence-corrected chi connectivity index (χ0v) is 15.8. The number of carbonyl (C=O) groups excluding carboxylic acids is 1. The molecule has 2 heterocycles. The zero-order valence-electron chi connectivity index (χ0n) is 15.1. The van der Waals surface area contributed by atoms with E-state index < -0.39 is 6.04 Å². The lowest BCUT2D eigenvalue weighted by Gasteiger charge is -2.18. The second kappa shape index (κ2) is 8.17. The molecule has 1 aromatic carbocycles. The van der Waals surface area contributed by atoms with Crippen LogP contribution in [0.5, 0.6) is 5.75 Å². The fraction of sp³-hybridized carbons (Fsp3) is 0.353. The number of amides is 1. The van der Waals surface area contributed by atoms with Crippen LogP contribution in [0.2, 0.25) is 5.02 Å². The largest absolute Gasteiger partial charge is 0.484 e. The number of aromatic nitrogens is 5. The summed E-state index contributed by atoms with van der Waals surface area (Å²) < 4.78 is 10.8. The number of nitrogens with one attached hydrogen (secondary N) is 2. The van der Waals surface area contributed by atoms with Gasteiger partial charge in [0.05, 0.1) is 0 Å². The van der Waals surface area contributed by atoms with Gasteiger partial charge in [-0.15, -0.1) is 0 Å². The highest BCUT2D eigenvalue weighted by atomic mass is 35.5. The molecule has 0 aliphatic carbocycles. The molecule has 9 nitrogen and oxygen atoms in total. The molecule has 10 heteroatoms. The molecule has 2 N–H and O–H groups in total. The summed E-state index contributed by atoms with van der Waals surface area (Å²) in [6, 6.07) is 4.75. The summed E-state index contributed by atoms with van der Waals surface area (Å²) in [4.78, 5) is 20.6. The molecule has 2 aromatic heterocycles. The monoisotopic (exact) mass is 390 g/mol. The van der Waals surface area contributed by atoms with E-state index >= 15 is 0 Å². The van der Waals surface area contributed by atoms with Crippen LogP contribution in [0.3, 0.4) is 0 Å². The lowest BCUT2D eigenvalue weighted by atomic mass is 10.0. The summed E-state index contributed by atoms with van der Waals surface area (Å²) in [7, 11) is 0. The van der Waals surface area contributed by atoms with E-state index in [1.54, 1.807) is 18.2 Å². The van der Waals surface area contributed by atoms with Gasteiger partial charge in [0.25, 0.3) is 5.91 Å². The van der Waals surface area contributed by atoms with Crippen LogP contribution in [0.1, 0.15) is 31.3 Å². The molecule has 27 heavy (non-hydrogen) atoms. The molecule has 0 saturated heterocycles. The number of rotatable bonds is 7. The van der Waals surface area contributed by atoms with Crippen LogP contribution in [-0.2, 0) is 4.79 Å². The average Bonchev–Trinajstić information content (AvgIpc) is 3.31. The van der Waals surface area contributed by atoms with Crippen LogP contribution < -0.4 is 10.1 Å². The Morgan fingerprint density at radius 3 is 2.89 bits per heavy atom. The van der Waals surface area contributed by atoms with Gasteiger partial charge in [0.2, 0.25) is 11.7 Å². The van der Waals surface area contributed by atoms with E-state index in [0.29, 0.717) is 16.6 Å². The third kappa shape index (κ3) is 4.62. The fourth-order valence-electron chi connectivity index (χ4n) is 2.36. The number of aryl methyl sites for hydroxylation is 1. The molecule has 0 unspecified atom stereocenters. The maximum absolute atomic E-state index is 12.3. The summed E-state index contributed by atoms with van der Waals surface area (Å²) in [5, 5.41) is 13.8. The highest BCUT2D eigenvalue weighted by Crippen LogP contribution is 2.23. The number of hydrogen-bond acceptors (Lipinski definition) is 7. The maximum atomic E-state index is 12.3. The fourth-order valence-corrected chi connectivity index (χ4v) is 2.47. The topological polar surface area (TPSA) is 119 Å². The van der Waals surface area contributed by atoms with E-state index in [-0.39, 0.29) is 30.1 Å². The maximum Gasteiger partial charge on any atom is 0.258 e. The van der Waals surface area contributed by atoms with Crippen molar-refractivity contribution in [3.8, 4) is 17.4 Å². The van der Waals surface area contributed by atoms with E-state index in [1.807, 2.05) is 20.8 Å². The van der Waals surface area contributed by atoms with Crippen molar-refractivity contribution < 1.29 is 14.1 Å². The van der Waals surface area contributed by atoms with Gasteiger partial charge in [-0.3, -0.25) is 9.89 Å². The molecular formula is C17H19ClN6O3. The Morgan fingerprint density at radius 2 is 2.22 bits per heavy atom. The number of nitrogens with zero attached hydrogens (tertiary/aromatic N) is 4. The van der Waals surface area contributed by atoms with Crippen molar-refractivity contribution in [2.24, 2.45) is 5.92 Å². The van der Waals surface area contributed by atoms with Crippen LogP contribution in [0.15, 0.2) is 29.0 Å². The van der Waals surface area contributed by atoms with E-state index in [1.165, 1.54) is 6.33 Å². The van der Waals surface area contributed by atoms with Gasteiger partial charge >= 0.3 is 0 Å². The Bertz CT molecular complexity index is 909. The molecule has 0 aliphatic heterocycles. The predicted molar refractivity (Wildman–Crippen MR) is 97.1 cm³/mol. The first-order valence-electron chi connectivity index (χ1n) is 8.31. The Morgan fingerprint density at radius 1 is 1.41 bits per heavy atom. The summed E-state index contributed by atoms with van der Waals surface area (Å²) >= 11 is 5.99. The van der Waals surface area contributed by atoms with Gasteiger partial charge in [0.15, 0.2) is 12.4 Å². The molecule has 3 aromatic rings. The molecule has 0 spiro atoms. The highest BCUT2D eigenvalue weighted by molar-refractivity contribution is 6.31. The van der Waals surface area contributed by atoms with Gasteiger partial charge in [0.1, 0.15) is 18.1 Å². The first-order valence-corrected chi connectivity index (χ1v) is 8.69. The Balaban J connectivity index is 1.63. The lowest BCUT2D eigenvalue weighted by Crippen LogP contribution is -2.35. The van der Waals surface area contributed by atoms with Crippen LogP contribution >= 0.6 is 11.6 Å². The number of benzene rings is 1. The third-order valence-electron chi connectivity index (χ3n) is 3.82. The summed E-state index contributed by atoms with van der Waals surface area (Å²) in [6.07, 6.45) is 1.35. The molecule has 3 rings (SSSR count). The lowest BCUT2D eigenvalue weighted by molar-refractivity contribution is -0.124. The average molecular weight is 391 g/mol. The van der Waals surface area contributed by atoms with E-state index in [9.17, 15) is 4.79 Å². The molecule has 0 fully saturated rings. The number of hydrogen-bond donors (Lipinski definition) is 2. The second-order valence-corrected chi connectivity index (χ2v) is 6.69. The van der Waals surface area contributed by atoms with Gasteiger partial charge in [-0.2, -0.15) is 10.1 Å². The minimum absolute atomic E-state index is 0.0229. The van der Waals surface area contributed by atoms with E-state index in [2.05, 4.69) is 30.6 Å². The third-order valence-corrected chi connectivity index (χ3v) is 4.24. The molecule has 1 atom stereocenters. The normalized spacial score (nSPS) is 12.2. The predicted octanol–water partition coefficient (Wildman–Crippen LogP) is 2.71. The number of carbonyl (C=O) groups is 1. The van der Waals surface area contributed by atoms with Gasteiger partial charge in [-0.05, 0) is 36.6 Å². The number of H-pyrrole nitrogens is 1. The van der Waals surface area contributed by atoms with Crippen LogP contribution in [-0.4, -0.2) is 37.8 Å². The molecule has 0 radical (unpaired) electrons. The van der Waals surface area contributed by atoms with Crippen molar-refractivity contribution in [1.82, 2.24) is 30.6 Å². The van der Waals surface area contributed by atoms with Crippen molar-refractivity contribution in [1.29, 1.82) is 0 Å². The SMILES string of the molecule is Cc1cc(OCC(=O)N[C@H](c2nc(-c3ncn[nH]3)no2)C(C)C)ccc1Cl. The standard InChI is InChI=1S/C17H19ClN6O3/c1-9(2)14(17-22-16(24-27-17)15-19-8-20-23-15)21-13(25)7-26-11-4-5-12(18)10(3)6-11/h4-6,8-9,14H,7H2,1-3H3,(H,21,25)(H,19,20,23)/t14-/m0/s1.